The van der Waals surface area contributed by atoms with Crippen LogP contribution in [0.4, 0.5) is 0 Å². The van der Waals surface area contributed by atoms with Crippen LogP contribution in [0.2, 0.25) is 0 Å². The number of hydrogen-bond acceptors (Lipinski definition) is 5. The minimum atomic E-state index is -0.693. The molecular formula is C22H24N2O4. The Kier molecular flexibility index (Phi) is 5.78. The van der Waals surface area contributed by atoms with Gasteiger partial charge in [0.25, 0.3) is 5.91 Å². The number of esters is 1. The molecule has 0 spiro atoms. The van der Waals surface area contributed by atoms with E-state index < -0.39 is 12.0 Å². The summed E-state index contributed by atoms with van der Waals surface area (Å²) in [4.78, 5) is 31.7. The van der Waals surface area contributed by atoms with Crippen molar-refractivity contribution in [2.75, 3.05) is 20.8 Å². The largest absolute Gasteiger partial charge is 0.467 e. The van der Waals surface area contributed by atoms with Crippen LogP contribution in [0.15, 0.2) is 47.6 Å². The van der Waals surface area contributed by atoms with E-state index in [1.54, 1.807) is 0 Å². The third-order valence-electron chi connectivity index (χ3n) is 5.03. The van der Waals surface area contributed by atoms with Gasteiger partial charge in [-0.05, 0) is 42.2 Å². The van der Waals surface area contributed by atoms with Gasteiger partial charge < -0.3 is 14.5 Å². The SMILES string of the molecule is CON=C1C[C@@H](C(=O)OC)N(C(=O)c2ccc(-c3ccccc3C)cc2C)C1. The quantitative estimate of drug-likeness (QED) is 0.602. The highest BCUT2D eigenvalue weighted by Crippen LogP contribution is 2.27. The Bertz CT molecular complexity index is 936. The first kappa shape index (κ1) is 19.6. The van der Waals surface area contributed by atoms with E-state index in [4.69, 9.17) is 9.57 Å². The Morgan fingerprint density at radius 2 is 1.82 bits per heavy atom. The lowest BCUT2D eigenvalue weighted by molar-refractivity contribution is -0.145. The fourth-order valence-corrected chi connectivity index (χ4v) is 3.58. The van der Waals surface area contributed by atoms with Crippen molar-refractivity contribution < 1.29 is 19.2 Å². The molecule has 1 aliphatic heterocycles. The lowest BCUT2D eigenvalue weighted by atomic mass is 9.96. The fourth-order valence-electron chi connectivity index (χ4n) is 3.58. The molecule has 146 valence electrons. The van der Waals surface area contributed by atoms with Crippen molar-refractivity contribution in [1.82, 2.24) is 4.90 Å². The van der Waals surface area contributed by atoms with Gasteiger partial charge in [0.15, 0.2) is 0 Å². The zero-order valence-corrected chi connectivity index (χ0v) is 16.6. The zero-order valence-electron chi connectivity index (χ0n) is 16.6. The van der Waals surface area contributed by atoms with Gasteiger partial charge >= 0.3 is 5.97 Å². The lowest BCUT2D eigenvalue weighted by Gasteiger charge is -2.23. The number of carbonyl (C=O) groups is 2. The predicted octanol–water partition coefficient (Wildman–Crippen LogP) is 3.36. The number of aryl methyl sites for hydroxylation is 2. The number of carbonyl (C=O) groups excluding carboxylic acids is 2. The Hall–Kier alpha value is -3.15. The van der Waals surface area contributed by atoms with Gasteiger partial charge in [-0.15, -0.1) is 0 Å². The highest BCUT2D eigenvalue weighted by Gasteiger charge is 2.39. The molecule has 1 fully saturated rings. The average molecular weight is 380 g/mol. The van der Waals surface area contributed by atoms with Crippen LogP contribution in [0.5, 0.6) is 0 Å². The molecule has 3 rings (SSSR count). The van der Waals surface area contributed by atoms with Crippen LogP contribution < -0.4 is 0 Å². The molecule has 1 aliphatic rings. The number of amides is 1. The number of ether oxygens (including phenoxy) is 1. The Balaban J connectivity index is 1.92. The van der Waals surface area contributed by atoms with Crippen LogP contribution in [0.3, 0.4) is 0 Å². The van der Waals surface area contributed by atoms with Crippen molar-refractivity contribution in [2.45, 2.75) is 26.3 Å². The molecule has 1 heterocycles. The van der Waals surface area contributed by atoms with E-state index in [9.17, 15) is 9.59 Å². The number of methoxy groups -OCH3 is 1. The number of hydrogen-bond donors (Lipinski definition) is 0. The van der Waals surface area contributed by atoms with Crippen molar-refractivity contribution in [3.8, 4) is 11.1 Å². The van der Waals surface area contributed by atoms with Crippen molar-refractivity contribution in [2.24, 2.45) is 5.16 Å². The number of oxime groups is 1. The highest BCUT2D eigenvalue weighted by molar-refractivity contribution is 6.05. The van der Waals surface area contributed by atoms with Crippen molar-refractivity contribution in [3.63, 3.8) is 0 Å². The lowest BCUT2D eigenvalue weighted by Crippen LogP contribution is -2.41. The van der Waals surface area contributed by atoms with Gasteiger partial charge in [0, 0.05) is 12.0 Å². The van der Waals surface area contributed by atoms with Crippen LogP contribution in [-0.2, 0) is 14.4 Å². The summed E-state index contributed by atoms with van der Waals surface area (Å²) in [6.07, 6.45) is 0.312. The summed E-state index contributed by atoms with van der Waals surface area (Å²) in [5.74, 6) is -0.672. The molecule has 28 heavy (non-hydrogen) atoms. The van der Waals surface area contributed by atoms with Gasteiger partial charge in [0.2, 0.25) is 0 Å². The molecule has 0 aliphatic carbocycles. The van der Waals surface area contributed by atoms with Crippen LogP contribution in [0.25, 0.3) is 11.1 Å². The minimum absolute atomic E-state index is 0.217. The van der Waals surface area contributed by atoms with E-state index in [0.29, 0.717) is 17.7 Å². The Morgan fingerprint density at radius 3 is 2.46 bits per heavy atom. The van der Waals surface area contributed by atoms with Crippen LogP contribution in [0, 0.1) is 13.8 Å². The topological polar surface area (TPSA) is 68.2 Å². The molecule has 0 radical (unpaired) electrons. The molecule has 2 aromatic carbocycles. The normalized spacial score (nSPS) is 17.6. The van der Waals surface area contributed by atoms with Gasteiger partial charge in [-0.2, -0.15) is 0 Å². The molecule has 0 bridgehead atoms. The second-order valence-electron chi connectivity index (χ2n) is 6.86. The van der Waals surface area contributed by atoms with Crippen molar-refractivity contribution in [1.29, 1.82) is 0 Å². The first-order valence-corrected chi connectivity index (χ1v) is 9.10. The van der Waals surface area contributed by atoms with Crippen LogP contribution in [0.1, 0.15) is 27.9 Å². The van der Waals surface area contributed by atoms with E-state index in [-0.39, 0.29) is 12.5 Å². The Labute approximate surface area is 164 Å². The second-order valence-corrected chi connectivity index (χ2v) is 6.86. The zero-order chi connectivity index (χ0) is 20.3. The summed E-state index contributed by atoms with van der Waals surface area (Å²) in [5.41, 5.74) is 5.41. The van der Waals surface area contributed by atoms with Crippen LogP contribution in [-0.4, -0.2) is 49.3 Å². The van der Waals surface area contributed by atoms with Crippen LogP contribution >= 0.6 is 0 Å². The van der Waals surface area contributed by atoms with Crippen molar-refractivity contribution in [3.05, 3.63) is 59.2 Å². The predicted molar refractivity (Wildman–Crippen MR) is 107 cm³/mol. The molecule has 1 amide bonds. The van der Waals surface area contributed by atoms with Gasteiger partial charge in [-0.1, -0.05) is 41.6 Å². The van der Waals surface area contributed by atoms with Crippen molar-refractivity contribution >= 4 is 17.6 Å². The molecule has 1 saturated heterocycles. The first-order chi connectivity index (χ1) is 13.5. The summed E-state index contributed by atoms with van der Waals surface area (Å²) in [5, 5.41) is 3.92. The van der Waals surface area contributed by atoms with Gasteiger partial charge in [0.05, 0.1) is 19.4 Å². The summed E-state index contributed by atoms with van der Waals surface area (Å²) < 4.78 is 4.87. The third-order valence-corrected chi connectivity index (χ3v) is 5.03. The summed E-state index contributed by atoms with van der Waals surface area (Å²) >= 11 is 0. The fraction of sp³-hybridized carbons (Fsp3) is 0.318. The molecule has 0 aromatic heterocycles. The molecule has 1 atom stereocenters. The summed E-state index contributed by atoms with van der Waals surface area (Å²) in [6.45, 7) is 4.21. The Morgan fingerprint density at radius 1 is 1.07 bits per heavy atom. The highest BCUT2D eigenvalue weighted by atomic mass is 16.6. The monoisotopic (exact) mass is 380 g/mol. The number of likely N-dealkylation sites (tertiary alicyclic amines) is 1. The molecule has 0 N–H and O–H groups in total. The number of benzene rings is 2. The minimum Gasteiger partial charge on any atom is -0.467 e. The number of rotatable bonds is 4. The average Bonchev–Trinajstić information content (AvgIpc) is 3.11. The van der Waals surface area contributed by atoms with Gasteiger partial charge in [-0.25, -0.2) is 4.79 Å². The smallest absolute Gasteiger partial charge is 0.329 e. The molecule has 2 aromatic rings. The molecule has 0 saturated carbocycles. The number of nitrogens with zero attached hydrogens (tertiary/aromatic N) is 2. The van der Waals surface area contributed by atoms with E-state index >= 15 is 0 Å². The standard InChI is InChI=1S/C22H24N2O4/c1-14-7-5-6-8-18(14)16-9-10-19(15(2)11-16)21(25)24-13-17(23-28-4)12-20(24)22(26)27-3/h5-11,20H,12-13H2,1-4H3/t20-/m0/s1. The third kappa shape index (κ3) is 3.76. The molecule has 0 unspecified atom stereocenters. The van der Waals surface area contributed by atoms with E-state index in [0.717, 1.165) is 16.7 Å². The maximum Gasteiger partial charge on any atom is 0.329 e. The summed E-state index contributed by atoms with van der Waals surface area (Å²) in [7, 11) is 2.76. The molecule has 6 nitrogen and oxygen atoms in total. The van der Waals surface area contributed by atoms with Gasteiger partial charge in [-0.3, -0.25) is 4.79 Å². The molecular weight excluding hydrogens is 356 g/mol. The summed E-state index contributed by atoms with van der Waals surface area (Å²) in [6, 6.07) is 13.2. The van der Waals surface area contributed by atoms with E-state index in [2.05, 4.69) is 24.2 Å². The first-order valence-electron chi connectivity index (χ1n) is 9.10. The van der Waals surface area contributed by atoms with Gasteiger partial charge in [0.1, 0.15) is 13.2 Å². The molecule has 6 heteroatoms. The maximum atomic E-state index is 13.2. The maximum absolute atomic E-state index is 13.2. The van der Waals surface area contributed by atoms with E-state index in [1.165, 1.54) is 24.7 Å². The van der Waals surface area contributed by atoms with E-state index in [1.807, 2.05) is 37.3 Å². The second kappa shape index (κ2) is 8.25.